The van der Waals surface area contributed by atoms with E-state index in [4.69, 9.17) is 15.1 Å². The summed E-state index contributed by atoms with van der Waals surface area (Å²) in [6.07, 6.45) is 4.08. The van der Waals surface area contributed by atoms with Gasteiger partial charge in [-0.05, 0) is 104 Å². The number of fused-ring (bicyclic) bond motifs is 2. The van der Waals surface area contributed by atoms with Gasteiger partial charge in [-0.2, -0.15) is 0 Å². The second-order valence-electron chi connectivity index (χ2n) is 9.59. The fraction of sp³-hybridized carbons (Fsp3) is 0.267. The molecule has 0 bridgehead atoms. The number of carboxylic acid groups (broad SMARTS) is 1. The van der Waals surface area contributed by atoms with Gasteiger partial charge in [0.15, 0.2) is 0 Å². The molecule has 8 heteroatoms. The van der Waals surface area contributed by atoms with Gasteiger partial charge in [-0.25, -0.2) is 18.7 Å². The lowest BCUT2D eigenvalue weighted by molar-refractivity contribution is -0.137. The van der Waals surface area contributed by atoms with Gasteiger partial charge in [0.25, 0.3) is 5.91 Å². The van der Waals surface area contributed by atoms with Crippen LogP contribution in [0, 0.1) is 11.6 Å². The van der Waals surface area contributed by atoms with Crippen LogP contribution in [0.15, 0.2) is 60.7 Å². The standard InChI is InChI=1S/C30H27F2N3O3/c31-21-11-8-18(9-12-21)29-26(5-1-2-7-28(36)37)33-27-17-20(10-15-25(27)34-29)30(38)35-24-6-3-4-19-16-22(32)13-14-23(19)24/h8-17,24H,1-7H2,(H,35,38)(H,36,37)/t24-/m0/s1. The first-order valence-corrected chi connectivity index (χ1v) is 12.7. The number of nitrogens with one attached hydrogen (secondary N) is 1. The molecule has 194 valence electrons. The number of benzene rings is 3. The number of halogens is 2. The second-order valence-corrected chi connectivity index (χ2v) is 9.59. The molecule has 1 aliphatic rings. The smallest absolute Gasteiger partial charge is 0.303 e. The Balaban J connectivity index is 1.43. The summed E-state index contributed by atoms with van der Waals surface area (Å²) in [7, 11) is 0. The van der Waals surface area contributed by atoms with E-state index in [0.29, 0.717) is 52.8 Å². The Labute approximate surface area is 218 Å². The maximum absolute atomic E-state index is 13.7. The molecule has 2 N–H and O–H groups in total. The monoisotopic (exact) mass is 515 g/mol. The fourth-order valence-corrected chi connectivity index (χ4v) is 4.99. The van der Waals surface area contributed by atoms with Gasteiger partial charge in [0.2, 0.25) is 0 Å². The van der Waals surface area contributed by atoms with Gasteiger partial charge in [0.05, 0.1) is 28.5 Å². The molecule has 1 heterocycles. The average Bonchev–Trinajstić information content (AvgIpc) is 2.90. The maximum atomic E-state index is 13.7. The van der Waals surface area contributed by atoms with Gasteiger partial charge < -0.3 is 10.4 Å². The number of carbonyl (C=O) groups excluding carboxylic acids is 1. The number of amides is 1. The van der Waals surface area contributed by atoms with Crippen molar-refractivity contribution in [3.63, 3.8) is 0 Å². The summed E-state index contributed by atoms with van der Waals surface area (Å²) in [5, 5.41) is 12.0. The summed E-state index contributed by atoms with van der Waals surface area (Å²) < 4.78 is 27.2. The minimum absolute atomic E-state index is 0.0636. The third kappa shape index (κ3) is 5.69. The summed E-state index contributed by atoms with van der Waals surface area (Å²) in [5.74, 6) is -1.73. The molecule has 0 aliphatic heterocycles. The predicted molar refractivity (Wildman–Crippen MR) is 140 cm³/mol. The summed E-state index contributed by atoms with van der Waals surface area (Å²) in [6.45, 7) is 0. The van der Waals surface area contributed by atoms with Gasteiger partial charge in [-0.15, -0.1) is 0 Å². The van der Waals surface area contributed by atoms with Crippen molar-refractivity contribution in [2.45, 2.75) is 51.0 Å². The Morgan fingerprint density at radius 3 is 2.50 bits per heavy atom. The van der Waals surface area contributed by atoms with Gasteiger partial charge in [-0.1, -0.05) is 6.07 Å². The van der Waals surface area contributed by atoms with E-state index in [1.807, 2.05) is 0 Å². The number of hydrogen-bond donors (Lipinski definition) is 2. The quantitative estimate of drug-likeness (QED) is 0.274. The van der Waals surface area contributed by atoms with Crippen molar-refractivity contribution in [3.05, 3.63) is 94.7 Å². The normalized spacial score (nSPS) is 14.7. The van der Waals surface area contributed by atoms with E-state index in [9.17, 15) is 18.4 Å². The zero-order valence-electron chi connectivity index (χ0n) is 20.7. The highest BCUT2D eigenvalue weighted by Crippen LogP contribution is 2.31. The van der Waals surface area contributed by atoms with Gasteiger partial charge in [-0.3, -0.25) is 9.59 Å². The molecule has 0 unspecified atom stereocenters. The van der Waals surface area contributed by atoms with Crippen LogP contribution in [0.3, 0.4) is 0 Å². The van der Waals surface area contributed by atoms with Gasteiger partial charge in [0.1, 0.15) is 11.6 Å². The van der Waals surface area contributed by atoms with Crippen molar-refractivity contribution >= 4 is 22.9 Å². The van der Waals surface area contributed by atoms with E-state index in [1.54, 1.807) is 36.4 Å². The van der Waals surface area contributed by atoms with Gasteiger partial charge in [0, 0.05) is 17.5 Å². The lowest BCUT2D eigenvalue weighted by atomic mass is 9.87. The number of nitrogens with zero attached hydrogens (tertiary/aromatic N) is 2. The van der Waals surface area contributed by atoms with Crippen LogP contribution in [0.2, 0.25) is 0 Å². The van der Waals surface area contributed by atoms with E-state index >= 15 is 0 Å². The number of hydrogen-bond acceptors (Lipinski definition) is 4. The highest BCUT2D eigenvalue weighted by atomic mass is 19.1. The number of aliphatic carboxylic acids is 1. The summed E-state index contributed by atoms with van der Waals surface area (Å²) in [6, 6.07) is 15.6. The molecule has 0 fully saturated rings. The van der Waals surface area contributed by atoms with E-state index in [2.05, 4.69) is 5.32 Å². The Morgan fingerprint density at radius 1 is 0.921 bits per heavy atom. The zero-order chi connectivity index (χ0) is 26.6. The number of carboxylic acids is 1. The maximum Gasteiger partial charge on any atom is 0.303 e. The molecule has 1 aromatic heterocycles. The summed E-state index contributed by atoms with van der Waals surface area (Å²) in [4.78, 5) is 33.7. The molecule has 4 aromatic rings. The molecule has 3 aromatic carbocycles. The van der Waals surface area contributed by atoms with E-state index < -0.39 is 5.97 Å². The van der Waals surface area contributed by atoms with Crippen molar-refractivity contribution in [1.29, 1.82) is 0 Å². The molecule has 1 amide bonds. The summed E-state index contributed by atoms with van der Waals surface area (Å²) in [5.41, 5.74) is 5.42. The molecular weight excluding hydrogens is 488 g/mol. The minimum atomic E-state index is -0.852. The minimum Gasteiger partial charge on any atom is -0.481 e. The van der Waals surface area contributed by atoms with E-state index in [0.717, 1.165) is 30.4 Å². The Morgan fingerprint density at radius 2 is 1.71 bits per heavy atom. The average molecular weight is 516 g/mol. The SMILES string of the molecule is O=C(O)CCCCc1nc2cc(C(=O)N[C@H]3CCCc4cc(F)ccc43)ccc2nc1-c1ccc(F)cc1. The number of rotatable bonds is 8. The highest BCUT2D eigenvalue weighted by Gasteiger charge is 2.23. The lowest BCUT2D eigenvalue weighted by Crippen LogP contribution is -2.31. The number of carbonyl (C=O) groups is 2. The number of unbranched alkanes of at least 4 members (excludes halogenated alkanes) is 1. The molecule has 38 heavy (non-hydrogen) atoms. The number of aromatic nitrogens is 2. The van der Waals surface area contributed by atoms with Crippen LogP contribution in [0.5, 0.6) is 0 Å². The van der Waals surface area contributed by atoms with E-state index in [-0.39, 0.29) is 30.0 Å². The Kier molecular flexibility index (Phi) is 7.40. The van der Waals surface area contributed by atoms with Gasteiger partial charge >= 0.3 is 5.97 Å². The number of aryl methyl sites for hydroxylation is 2. The van der Waals surface area contributed by atoms with Crippen molar-refractivity contribution < 1.29 is 23.5 Å². The van der Waals surface area contributed by atoms with Crippen LogP contribution >= 0.6 is 0 Å². The molecule has 1 aliphatic carbocycles. The fourth-order valence-electron chi connectivity index (χ4n) is 4.99. The molecule has 1 atom stereocenters. The predicted octanol–water partition coefficient (Wildman–Crippen LogP) is 6.18. The molecule has 0 saturated heterocycles. The molecule has 5 rings (SSSR count). The van der Waals surface area contributed by atoms with Crippen LogP contribution in [-0.2, 0) is 17.6 Å². The molecular formula is C30H27F2N3O3. The summed E-state index contributed by atoms with van der Waals surface area (Å²) >= 11 is 0. The Hall–Kier alpha value is -4.20. The van der Waals surface area contributed by atoms with Crippen LogP contribution in [-0.4, -0.2) is 27.0 Å². The van der Waals surface area contributed by atoms with Crippen LogP contribution < -0.4 is 5.32 Å². The van der Waals surface area contributed by atoms with Crippen molar-refractivity contribution in [2.24, 2.45) is 0 Å². The first-order chi connectivity index (χ1) is 18.4. The lowest BCUT2D eigenvalue weighted by Gasteiger charge is -2.26. The van der Waals surface area contributed by atoms with E-state index in [1.165, 1.54) is 24.3 Å². The Bertz CT molecular complexity index is 1510. The molecule has 6 nitrogen and oxygen atoms in total. The van der Waals surface area contributed by atoms with Crippen molar-refractivity contribution in [1.82, 2.24) is 15.3 Å². The van der Waals surface area contributed by atoms with Crippen LogP contribution in [0.1, 0.15) is 65.3 Å². The van der Waals surface area contributed by atoms with Crippen molar-refractivity contribution in [2.75, 3.05) is 0 Å². The second kappa shape index (κ2) is 11.0. The third-order valence-electron chi connectivity index (χ3n) is 6.90. The molecule has 0 radical (unpaired) electrons. The zero-order valence-corrected chi connectivity index (χ0v) is 20.7. The third-order valence-corrected chi connectivity index (χ3v) is 6.90. The topological polar surface area (TPSA) is 92.2 Å². The first-order valence-electron chi connectivity index (χ1n) is 12.7. The molecule has 0 saturated carbocycles. The largest absolute Gasteiger partial charge is 0.481 e. The first kappa shape index (κ1) is 25.4. The van der Waals surface area contributed by atoms with Crippen LogP contribution in [0.4, 0.5) is 8.78 Å². The molecule has 0 spiro atoms. The van der Waals surface area contributed by atoms with Crippen molar-refractivity contribution in [3.8, 4) is 11.3 Å². The highest BCUT2D eigenvalue weighted by molar-refractivity contribution is 5.97. The van der Waals surface area contributed by atoms with Crippen LogP contribution in [0.25, 0.3) is 22.3 Å².